The Morgan fingerprint density at radius 1 is 0.685 bits per heavy atom. The summed E-state index contributed by atoms with van der Waals surface area (Å²) in [5.41, 5.74) is 7.04. The van der Waals surface area contributed by atoms with Gasteiger partial charge in [-0.05, 0) is 24.3 Å². The van der Waals surface area contributed by atoms with Gasteiger partial charge >= 0.3 is 5.97 Å². The number of esters is 1. The molecule has 0 aliphatic rings. The fourth-order valence-corrected chi connectivity index (χ4v) is 7.24. The smallest absolute Gasteiger partial charge is 0.375 e. The van der Waals surface area contributed by atoms with E-state index in [0.29, 0.717) is 39.0 Å². The number of rotatable bonds is 8. The van der Waals surface area contributed by atoms with Crippen LogP contribution in [0.15, 0.2) is 85.5 Å². The second-order valence-electron chi connectivity index (χ2n) is 12.0. The van der Waals surface area contributed by atoms with Gasteiger partial charge in [0.2, 0.25) is 5.82 Å². The standard InChI is InChI=1S/C19H15Cl2N5O2.C18H15Cl2N5O/c1-25-16(9-26-18(19(27)28-2)22-10-23-26)14-5-3-4-13(17(14)24-25)12-7-6-11(20)8-15(12)21;1-24-16(8-25-17(9-26)21-10-22-25)14-4-2-3-13(18(14)23-24)12-6-5-11(19)7-15(12)20/h3-8,10H,9H2,1-2H3;2-7,10,26H,8-9H2,1H3. The molecule has 0 amide bonds. The minimum atomic E-state index is -0.544. The first-order valence-electron chi connectivity index (χ1n) is 16.3. The molecule has 4 aromatic carbocycles. The van der Waals surface area contributed by atoms with Crippen molar-refractivity contribution in [3.8, 4) is 22.3 Å². The number of nitrogens with zero attached hydrogens (tertiary/aromatic N) is 10. The third kappa shape index (κ3) is 7.16. The number of benzene rings is 4. The summed E-state index contributed by atoms with van der Waals surface area (Å²) in [4.78, 5) is 19.9. The zero-order chi connectivity index (χ0) is 38.1. The molecule has 8 aromatic rings. The molecule has 274 valence electrons. The van der Waals surface area contributed by atoms with Gasteiger partial charge in [0, 0.05) is 67.2 Å². The molecule has 1 N–H and O–H groups in total. The summed E-state index contributed by atoms with van der Waals surface area (Å²) >= 11 is 24.8. The monoisotopic (exact) mass is 802 g/mol. The van der Waals surface area contributed by atoms with E-state index in [-0.39, 0.29) is 12.4 Å². The summed E-state index contributed by atoms with van der Waals surface area (Å²) in [6.07, 6.45) is 2.76. The van der Waals surface area contributed by atoms with E-state index >= 15 is 0 Å². The second kappa shape index (κ2) is 15.6. The number of hydrogen-bond donors (Lipinski definition) is 1. The van der Waals surface area contributed by atoms with Crippen LogP contribution >= 0.6 is 46.4 Å². The van der Waals surface area contributed by atoms with Crippen LogP contribution in [0.2, 0.25) is 20.1 Å². The normalized spacial score (nSPS) is 11.3. The summed E-state index contributed by atoms with van der Waals surface area (Å²) in [5, 5.41) is 31.3. The highest BCUT2D eigenvalue weighted by molar-refractivity contribution is 6.37. The van der Waals surface area contributed by atoms with Crippen molar-refractivity contribution in [3.05, 3.63) is 129 Å². The van der Waals surface area contributed by atoms with Crippen LogP contribution in [0.4, 0.5) is 0 Å². The van der Waals surface area contributed by atoms with Gasteiger partial charge in [-0.2, -0.15) is 20.4 Å². The minimum absolute atomic E-state index is 0.133. The maximum atomic E-state index is 11.9. The zero-order valence-electron chi connectivity index (χ0n) is 29.0. The predicted molar refractivity (Wildman–Crippen MR) is 208 cm³/mol. The highest BCUT2D eigenvalue weighted by Crippen LogP contribution is 2.37. The Balaban J connectivity index is 0.000000167. The van der Waals surface area contributed by atoms with Crippen LogP contribution in [0.1, 0.15) is 27.8 Å². The molecule has 17 heteroatoms. The van der Waals surface area contributed by atoms with E-state index in [4.69, 9.17) is 56.2 Å². The minimum Gasteiger partial charge on any atom is -0.463 e. The van der Waals surface area contributed by atoms with E-state index in [9.17, 15) is 9.90 Å². The molecule has 13 nitrogen and oxygen atoms in total. The van der Waals surface area contributed by atoms with Crippen LogP contribution in [-0.4, -0.2) is 67.3 Å². The number of aliphatic hydroxyl groups excluding tert-OH is 1. The van der Waals surface area contributed by atoms with Crippen LogP contribution in [0.25, 0.3) is 44.1 Å². The van der Waals surface area contributed by atoms with Crippen molar-refractivity contribution in [1.29, 1.82) is 0 Å². The number of methoxy groups -OCH3 is 1. The number of halogens is 4. The summed E-state index contributed by atoms with van der Waals surface area (Å²) in [6.45, 7) is 0.608. The van der Waals surface area contributed by atoms with Gasteiger partial charge in [-0.25, -0.2) is 24.1 Å². The van der Waals surface area contributed by atoms with Crippen LogP contribution < -0.4 is 0 Å². The molecule has 8 rings (SSSR count). The molecule has 0 radical (unpaired) electrons. The molecular formula is C37H30Cl4N10O3. The van der Waals surface area contributed by atoms with E-state index in [2.05, 4.69) is 25.3 Å². The Morgan fingerprint density at radius 2 is 1.19 bits per heavy atom. The summed E-state index contributed by atoms with van der Waals surface area (Å²) in [7, 11) is 5.04. The maximum Gasteiger partial charge on any atom is 0.375 e. The molecule has 0 bridgehead atoms. The molecule has 4 aromatic heterocycles. The maximum absolute atomic E-state index is 11.9. The first-order chi connectivity index (χ1) is 26.1. The lowest BCUT2D eigenvalue weighted by Gasteiger charge is -2.07. The van der Waals surface area contributed by atoms with Crippen molar-refractivity contribution < 1.29 is 14.6 Å². The Bertz CT molecular complexity index is 2660. The number of carbonyl (C=O) groups excluding carboxylic acids is 1. The number of aromatic nitrogens is 10. The number of ether oxygens (including phenoxy) is 1. The first-order valence-corrected chi connectivity index (χ1v) is 17.8. The SMILES string of the molecule is COC(=O)c1ncnn1Cc1c2cccc(-c3ccc(Cl)cc3Cl)c2nn1C.Cn1nc2c(-c3ccc(Cl)cc3Cl)cccc2c1Cn1ncnc1CO. The third-order valence-electron chi connectivity index (χ3n) is 8.84. The summed E-state index contributed by atoms with van der Waals surface area (Å²) in [6, 6.07) is 22.7. The lowest BCUT2D eigenvalue weighted by atomic mass is 10.0. The van der Waals surface area contributed by atoms with Gasteiger partial charge in [0.15, 0.2) is 5.82 Å². The molecule has 54 heavy (non-hydrogen) atoms. The van der Waals surface area contributed by atoms with Crippen LogP contribution in [0.3, 0.4) is 0 Å². The van der Waals surface area contributed by atoms with E-state index in [1.807, 2.05) is 73.4 Å². The summed E-state index contributed by atoms with van der Waals surface area (Å²) < 4.78 is 11.5. The number of aliphatic hydroxyl groups is 1. The third-order valence-corrected chi connectivity index (χ3v) is 9.93. The Labute approximate surface area is 328 Å². The Hall–Kier alpha value is -5.31. The topological polar surface area (TPSA) is 144 Å². The lowest BCUT2D eigenvalue weighted by molar-refractivity contribution is 0.0580. The number of hydrogen-bond acceptors (Lipinski definition) is 9. The molecule has 4 heterocycles. The Kier molecular flexibility index (Phi) is 10.7. The Morgan fingerprint density at radius 3 is 1.69 bits per heavy atom. The highest BCUT2D eigenvalue weighted by Gasteiger charge is 2.20. The van der Waals surface area contributed by atoms with Crippen LogP contribution in [0, 0.1) is 0 Å². The van der Waals surface area contributed by atoms with E-state index in [1.54, 1.807) is 27.6 Å². The van der Waals surface area contributed by atoms with Gasteiger partial charge < -0.3 is 9.84 Å². The average Bonchev–Trinajstić information content (AvgIpc) is 3.95. The van der Waals surface area contributed by atoms with Gasteiger partial charge in [-0.3, -0.25) is 9.36 Å². The molecule has 0 unspecified atom stereocenters. The predicted octanol–water partition coefficient (Wildman–Crippen LogP) is 7.65. The average molecular weight is 805 g/mol. The van der Waals surface area contributed by atoms with E-state index in [0.717, 1.165) is 55.4 Å². The fourth-order valence-electron chi connectivity index (χ4n) is 6.22. The van der Waals surface area contributed by atoms with Crippen molar-refractivity contribution in [2.45, 2.75) is 19.7 Å². The van der Waals surface area contributed by atoms with Crippen molar-refractivity contribution in [3.63, 3.8) is 0 Å². The van der Waals surface area contributed by atoms with Gasteiger partial charge in [-0.15, -0.1) is 0 Å². The molecule has 0 saturated carbocycles. The van der Waals surface area contributed by atoms with Crippen molar-refractivity contribution >= 4 is 74.2 Å². The molecular weight excluding hydrogens is 774 g/mol. The van der Waals surface area contributed by atoms with Gasteiger partial charge in [0.25, 0.3) is 0 Å². The first kappa shape index (κ1) is 37.0. The lowest BCUT2D eigenvalue weighted by Crippen LogP contribution is -2.15. The number of aryl methyl sites for hydroxylation is 2. The molecule has 0 spiro atoms. The molecule has 0 aliphatic heterocycles. The van der Waals surface area contributed by atoms with E-state index in [1.165, 1.54) is 24.4 Å². The molecule has 0 aliphatic carbocycles. The van der Waals surface area contributed by atoms with Crippen molar-refractivity contribution in [1.82, 2.24) is 49.1 Å². The largest absolute Gasteiger partial charge is 0.463 e. The highest BCUT2D eigenvalue weighted by atomic mass is 35.5. The van der Waals surface area contributed by atoms with Crippen molar-refractivity contribution in [2.75, 3.05) is 7.11 Å². The fraction of sp³-hybridized carbons (Fsp3) is 0.162. The van der Waals surface area contributed by atoms with Gasteiger partial charge in [0.1, 0.15) is 30.3 Å². The molecule has 0 fully saturated rings. The van der Waals surface area contributed by atoms with Gasteiger partial charge in [-0.1, -0.05) is 94.9 Å². The molecule has 0 atom stereocenters. The zero-order valence-corrected chi connectivity index (χ0v) is 32.0. The molecule has 0 saturated heterocycles. The van der Waals surface area contributed by atoms with Crippen LogP contribution in [0.5, 0.6) is 0 Å². The number of fused-ring (bicyclic) bond motifs is 2. The van der Waals surface area contributed by atoms with Crippen LogP contribution in [-0.2, 0) is 38.5 Å². The van der Waals surface area contributed by atoms with E-state index < -0.39 is 5.97 Å². The van der Waals surface area contributed by atoms with Crippen molar-refractivity contribution in [2.24, 2.45) is 14.1 Å². The second-order valence-corrected chi connectivity index (χ2v) is 13.7. The van der Waals surface area contributed by atoms with Gasteiger partial charge in [0.05, 0.1) is 31.6 Å². The quantitative estimate of drug-likeness (QED) is 0.153. The number of carbonyl (C=O) groups is 1. The summed E-state index contributed by atoms with van der Waals surface area (Å²) in [5.74, 6) is 0.0996.